The van der Waals surface area contributed by atoms with E-state index in [9.17, 15) is 0 Å². The number of pyridine rings is 8. The van der Waals surface area contributed by atoms with Crippen molar-refractivity contribution >= 4 is 88.3 Å². The van der Waals surface area contributed by atoms with Gasteiger partial charge in [0.15, 0.2) is 47.1 Å². The zero-order valence-electron chi connectivity index (χ0n) is 88.1. The molecule has 0 unspecified atom stereocenters. The Balaban J connectivity index is 0.000000149. The first kappa shape index (κ1) is 58.2. The number of nitrogens with zero attached hydrogens (tertiary/aromatic N) is 8. The van der Waals surface area contributed by atoms with E-state index in [4.69, 9.17) is 48.7 Å². The van der Waals surface area contributed by atoms with Crippen molar-refractivity contribution in [2.75, 3.05) is 0 Å². The van der Waals surface area contributed by atoms with Crippen molar-refractivity contribution in [2.45, 2.75) is 213 Å². The second-order valence-corrected chi connectivity index (χ2v) is 29.7. The molecule has 12 heterocycles. The fourth-order valence-electron chi connectivity index (χ4n) is 14.9. The summed E-state index contributed by atoms with van der Waals surface area (Å²) in [4.78, 5) is 18.5. The molecule has 0 aliphatic heterocycles. The molecule has 0 saturated heterocycles. The molecule has 0 atom stereocenters. The average molecular weight is 1510 g/mol. The van der Waals surface area contributed by atoms with Crippen molar-refractivity contribution in [1.29, 1.82) is 0 Å². The molecular formula is C100H116N8O4+4. The van der Waals surface area contributed by atoms with Gasteiger partial charge in [0.25, 0.3) is 0 Å². The summed E-state index contributed by atoms with van der Waals surface area (Å²) >= 11 is 0. The third-order valence-electron chi connectivity index (χ3n) is 21.3. The van der Waals surface area contributed by atoms with Crippen LogP contribution in [0.4, 0.5) is 0 Å². The van der Waals surface area contributed by atoms with Crippen LogP contribution in [0.15, 0.2) is 164 Å². The molecule has 16 aromatic rings. The van der Waals surface area contributed by atoms with Crippen LogP contribution in [0.25, 0.3) is 133 Å². The van der Waals surface area contributed by atoms with E-state index >= 15 is 0 Å². The molecule has 0 saturated carbocycles. The number of hydrogen-bond acceptors (Lipinski definition) is 8. The first-order chi connectivity index (χ1) is 60.0. The maximum absolute atomic E-state index is 8.35. The molecule has 12 nitrogen and oxygen atoms in total. The minimum Gasteiger partial charge on any atom is -0.437 e. The number of hydrogen-bond donors (Lipinski definition) is 0. The number of furan rings is 4. The third kappa shape index (κ3) is 14.9. The second-order valence-electron chi connectivity index (χ2n) is 29.7. The van der Waals surface area contributed by atoms with Crippen LogP contribution in [0.3, 0.4) is 0 Å². The normalized spacial score (nSPS) is 15.6. The fourth-order valence-corrected chi connectivity index (χ4v) is 14.9. The maximum Gasteiger partial charge on any atom is 0.227 e. The minimum atomic E-state index is -1.73. The molecule has 576 valence electrons. The van der Waals surface area contributed by atoms with Crippen molar-refractivity contribution in [2.24, 2.45) is 28.2 Å². The number of aryl methyl sites for hydroxylation is 16. The van der Waals surface area contributed by atoms with Gasteiger partial charge in [-0.3, -0.25) is 0 Å². The molecule has 0 aliphatic rings. The van der Waals surface area contributed by atoms with Gasteiger partial charge in [0, 0.05) is 138 Å². The van der Waals surface area contributed by atoms with Crippen molar-refractivity contribution in [3.05, 3.63) is 236 Å². The first-order valence-electron chi connectivity index (χ1n) is 47.6. The van der Waals surface area contributed by atoms with Gasteiger partial charge in [0.1, 0.15) is 28.2 Å². The quantitative estimate of drug-likeness (QED) is 0.0878. The van der Waals surface area contributed by atoms with Gasteiger partial charge in [-0.15, -0.1) is 0 Å². The van der Waals surface area contributed by atoms with Gasteiger partial charge in [-0.1, -0.05) is 159 Å². The molecule has 0 amide bonds. The van der Waals surface area contributed by atoms with Crippen LogP contribution < -0.4 is 18.3 Å². The van der Waals surface area contributed by atoms with E-state index in [1.807, 2.05) is 171 Å². The Morgan fingerprint density at radius 2 is 0.482 bits per heavy atom. The zero-order valence-corrected chi connectivity index (χ0v) is 69.1. The molecule has 0 aliphatic carbocycles. The lowest BCUT2D eigenvalue weighted by Gasteiger charge is -2.10. The largest absolute Gasteiger partial charge is 0.437 e. The molecule has 0 N–H and O–H groups in total. The molecule has 4 aromatic carbocycles. The second kappa shape index (κ2) is 32.9. The van der Waals surface area contributed by atoms with E-state index in [2.05, 4.69) is 28.8 Å². The maximum atomic E-state index is 8.35. The van der Waals surface area contributed by atoms with Crippen molar-refractivity contribution in [1.82, 2.24) is 19.9 Å². The van der Waals surface area contributed by atoms with Gasteiger partial charge >= 0.3 is 0 Å². The minimum absolute atomic E-state index is 0.289. The van der Waals surface area contributed by atoms with Gasteiger partial charge in [0.05, 0.1) is 22.3 Å². The van der Waals surface area contributed by atoms with Crippen LogP contribution in [-0.4, -0.2) is 19.9 Å². The summed E-state index contributed by atoms with van der Waals surface area (Å²) in [5, 5.41) is 7.15. The molecular weight excluding hydrogens is 1380 g/mol. The lowest BCUT2D eigenvalue weighted by Crippen LogP contribution is -2.32. The van der Waals surface area contributed by atoms with Crippen molar-refractivity contribution in [3.63, 3.8) is 0 Å². The standard InChI is InChI=1S/4C25H29N2O/c4*1-7-17-13-22(27(6)14-18(17)8-2)23-16(5)9-10-19-20-11-12-21(15(3)4)26-25(20)28-24(19)23/h4*9-15H,7-8H2,1-6H3/q4*+1/i3*7D2,8D2,15D;7D2,8D2. The SMILES string of the molecule is [2H]C([2H])(C)c1cc(-c2c(C)ccc3c2oc2nc(C(C)C)ccc23)[n+](C)cc1C([2H])([2H])C.[2H]C([2H])(C)c1cc(-c2c(C)ccc3c2oc2nc(C([2H])(C)C)ccc23)[n+](C)cc1C([2H])([2H])C.[2H]C([2H])(C)c1cc(-c2c(C)ccc3c2oc2nc(C([2H])(C)C)ccc23)[n+](C)cc1C([2H])([2H])C.[2H]C([2H])(C)c1cc(-c2c(C)ccc3c2oc2nc(C([2H])(C)C)ccc23)[n+](C)cc1C([2H])([2H])C. The van der Waals surface area contributed by atoms with E-state index in [0.29, 0.717) is 107 Å². The topological polar surface area (TPSA) is 120 Å². The number of fused-ring (bicyclic) bond motifs is 12. The summed E-state index contributed by atoms with van der Waals surface area (Å²) in [5.41, 5.74) is 20.1. The number of benzene rings is 4. The van der Waals surface area contributed by atoms with E-state index in [1.54, 1.807) is 90.6 Å². The zero-order chi connectivity index (χ0) is 97.1. The van der Waals surface area contributed by atoms with E-state index in [-0.39, 0.29) is 5.92 Å². The monoisotopic (exact) mass is 1510 g/mol. The van der Waals surface area contributed by atoms with Gasteiger partial charge in [-0.05, 0) is 195 Å². The molecule has 0 bridgehead atoms. The average Bonchev–Trinajstić information content (AvgIpc) is 1.62. The fraction of sp³-hybridized carbons (Fsp3) is 0.360. The molecule has 16 rings (SSSR count). The number of rotatable bonds is 16. The Morgan fingerprint density at radius 3 is 0.679 bits per heavy atom. The van der Waals surface area contributed by atoms with Crippen LogP contribution in [0, 0.1) is 27.7 Å². The summed E-state index contributed by atoms with van der Waals surface area (Å²) in [5.74, 6) is -2.27. The Morgan fingerprint density at radius 1 is 0.286 bits per heavy atom. The lowest BCUT2D eigenvalue weighted by molar-refractivity contribution is -0.661. The highest BCUT2D eigenvalue weighted by Gasteiger charge is 2.29. The highest BCUT2D eigenvalue weighted by atomic mass is 16.4. The number of aromatic nitrogens is 8. The first-order valence-corrected chi connectivity index (χ1v) is 38.1. The molecule has 0 spiro atoms. The van der Waals surface area contributed by atoms with Crippen LogP contribution in [0.5, 0.6) is 0 Å². The molecule has 112 heavy (non-hydrogen) atoms. The summed E-state index contributed by atoms with van der Waals surface area (Å²) in [6.07, 6.45) is -6.94. The molecule has 0 fully saturated rings. The highest BCUT2D eigenvalue weighted by Crippen LogP contribution is 2.43. The molecule has 12 heteroatoms. The Hall–Kier alpha value is -10.7. The lowest BCUT2D eigenvalue weighted by atomic mass is 9.97. The van der Waals surface area contributed by atoms with Crippen molar-refractivity contribution < 1.29 is 62.0 Å². The van der Waals surface area contributed by atoms with Gasteiger partial charge in [-0.2, -0.15) is 0 Å². The smallest absolute Gasteiger partial charge is 0.227 e. The highest BCUT2D eigenvalue weighted by molar-refractivity contribution is 6.12. The molecule has 12 aromatic heterocycles. The summed E-state index contributed by atoms with van der Waals surface area (Å²) in [7, 11) is 7.36. The summed E-state index contributed by atoms with van der Waals surface area (Å²) in [6.45, 7) is 34.4. The van der Waals surface area contributed by atoms with Crippen LogP contribution in [-0.2, 0) is 79.2 Å². The summed E-state index contributed by atoms with van der Waals surface area (Å²) < 4.78 is 190. The molecule has 0 radical (unpaired) electrons. The van der Waals surface area contributed by atoms with Crippen LogP contribution >= 0.6 is 0 Å². The predicted octanol–water partition coefficient (Wildman–Crippen LogP) is 24.1. The van der Waals surface area contributed by atoms with E-state index in [1.165, 1.54) is 55.4 Å². The predicted molar refractivity (Wildman–Crippen MR) is 463 cm³/mol. The van der Waals surface area contributed by atoms with Gasteiger partial charge < -0.3 is 17.7 Å². The van der Waals surface area contributed by atoms with E-state index < -0.39 is 68.7 Å². The van der Waals surface area contributed by atoms with Gasteiger partial charge in [-0.25, -0.2) is 38.2 Å². The van der Waals surface area contributed by atoms with Crippen LogP contribution in [0.1, 0.15) is 250 Å². The third-order valence-corrected chi connectivity index (χ3v) is 21.3. The van der Waals surface area contributed by atoms with Crippen molar-refractivity contribution in [3.8, 4) is 45.0 Å². The van der Waals surface area contributed by atoms with Gasteiger partial charge in [0.2, 0.25) is 45.6 Å². The summed E-state index contributed by atoms with van der Waals surface area (Å²) in [6, 6.07) is 38.5. The Bertz CT molecular complexity index is 6710. The Labute approximate surface area is 689 Å². The van der Waals surface area contributed by atoms with Crippen LogP contribution in [0.2, 0.25) is 0 Å². The van der Waals surface area contributed by atoms with E-state index in [0.717, 1.165) is 116 Å². The Kier molecular flexibility index (Phi) is 17.1.